The predicted molar refractivity (Wildman–Crippen MR) is 106 cm³/mol. The van der Waals surface area contributed by atoms with Crippen molar-refractivity contribution >= 4 is 29.2 Å². The van der Waals surface area contributed by atoms with Gasteiger partial charge in [0.1, 0.15) is 5.66 Å². The lowest BCUT2D eigenvalue weighted by Gasteiger charge is -2.51. The van der Waals surface area contributed by atoms with Crippen LogP contribution in [0.1, 0.15) is 55.3 Å². The van der Waals surface area contributed by atoms with E-state index in [0.717, 1.165) is 18.5 Å². The summed E-state index contributed by atoms with van der Waals surface area (Å²) in [5, 5.41) is 6.93. The van der Waals surface area contributed by atoms with Crippen molar-refractivity contribution < 1.29 is 9.59 Å². The van der Waals surface area contributed by atoms with Crippen LogP contribution in [0.5, 0.6) is 0 Å². The minimum atomic E-state index is -0.445. The normalized spacial score (nSPS) is 22.4. The fraction of sp³-hybridized carbons (Fsp3) is 0.600. The SMILES string of the molecule is CN1c2ccc(Cl)cc2C(=O)NC12CCN(C(=O)NC1CCCCC1)CC2. The molecular weight excluding hydrogens is 364 g/mol. The van der Waals surface area contributed by atoms with Gasteiger partial charge in [-0.3, -0.25) is 4.79 Å². The molecule has 146 valence electrons. The molecule has 1 aromatic carbocycles. The van der Waals surface area contributed by atoms with E-state index in [1.54, 1.807) is 6.07 Å². The number of hydrogen-bond donors (Lipinski definition) is 2. The maximum atomic E-state index is 12.6. The summed E-state index contributed by atoms with van der Waals surface area (Å²) >= 11 is 6.05. The zero-order valence-corrected chi connectivity index (χ0v) is 16.5. The number of anilines is 1. The van der Waals surface area contributed by atoms with E-state index in [1.165, 1.54) is 19.3 Å². The second kappa shape index (κ2) is 7.23. The molecule has 1 aliphatic carbocycles. The molecule has 3 amide bonds. The molecule has 0 radical (unpaired) electrons. The highest BCUT2D eigenvalue weighted by Gasteiger charge is 2.45. The lowest BCUT2D eigenvalue weighted by atomic mass is 9.90. The number of likely N-dealkylation sites (tertiary alicyclic amines) is 1. The molecule has 7 heteroatoms. The Hall–Kier alpha value is -1.95. The van der Waals surface area contributed by atoms with Crippen LogP contribution in [0.2, 0.25) is 5.02 Å². The summed E-state index contributed by atoms with van der Waals surface area (Å²) < 4.78 is 0. The maximum absolute atomic E-state index is 12.6. The molecule has 1 spiro atoms. The van der Waals surface area contributed by atoms with Crippen molar-refractivity contribution in [2.45, 2.75) is 56.7 Å². The molecule has 0 atom stereocenters. The Kier molecular flexibility index (Phi) is 4.93. The van der Waals surface area contributed by atoms with Crippen LogP contribution in [0.25, 0.3) is 0 Å². The number of halogens is 1. The van der Waals surface area contributed by atoms with Gasteiger partial charge >= 0.3 is 6.03 Å². The van der Waals surface area contributed by atoms with Crippen LogP contribution in [0, 0.1) is 0 Å². The summed E-state index contributed by atoms with van der Waals surface area (Å²) in [4.78, 5) is 29.3. The maximum Gasteiger partial charge on any atom is 0.317 e. The first-order valence-corrected chi connectivity index (χ1v) is 10.3. The highest BCUT2D eigenvalue weighted by atomic mass is 35.5. The van der Waals surface area contributed by atoms with E-state index in [4.69, 9.17) is 11.6 Å². The van der Waals surface area contributed by atoms with Gasteiger partial charge < -0.3 is 20.4 Å². The smallest absolute Gasteiger partial charge is 0.317 e. The van der Waals surface area contributed by atoms with Crippen molar-refractivity contribution in [3.63, 3.8) is 0 Å². The van der Waals surface area contributed by atoms with E-state index in [2.05, 4.69) is 15.5 Å². The van der Waals surface area contributed by atoms with Crippen LogP contribution < -0.4 is 15.5 Å². The molecule has 6 nitrogen and oxygen atoms in total. The number of amides is 3. The number of fused-ring (bicyclic) bond motifs is 1. The third-order valence-electron chi connectivity index (χ3n) is 6.36. The summed E-state index contributed by atoms with van der Waals surface area (Å²) in [6.07, 6.45) is 7.26. The van der Waals surface area contributed by atoms with Crippen LogP contribution in [0.4, 0.5) is 10.5 Å². The molecule has 0 bridgehead atoms. The fourth-order valence-corrected chi connectivity index (χ4v) is 4.80. The standard InChI is InChI=1S/C20H27ClN4O2/c1-24-17-8-7-14(21)13-16(17)18(26)23-20(24)9-11-25(12-10-20)19(27)22-15-5-3-2-4-6-15/h7-8,13,15H,2-6,9-12H2,1H3,(H,22,27)(H,23,26). The highest BCUT2D eigenvalue weighted by Crippen LogP contribution is 2.37. The molecule has 4 rings (SSSR count). The van der Waals surface area contributed by atoms with Gasteiger partial charge in [0.15, 0.2) is 0 Å². The molecule has 0 unspecified atom stereocenters. The summed E-state index contributed by atoms with van der Waals surface area (Å²) in [5.41, 5.74) is 1.05. The Balaban J connectivity index is 1.43. The minimum absolute atomic E-state index is 0.0359. The number of nitrogens with zero attached hydrogens (tertiary/aromatic N) is 2. The van der Waals surface area contributed by atoms with Gasteiger partial charge in [-0.1, -0.05) is 30.9 Å². The molecule has 2 heterocycles. The molecule has 1 aromatic rings. The summed E-state index contributed by atoms with van der Waals surface area (Å²) in [5.74, 6) is -0.0919. The third-order valence-corrected chi connectivity index (χ3v) is 6.60. The Morgan fingerprint density at radius 3 is 2.63 bits per heavy atom. The lowest BCUT2D eigenvalue weighted by Crippen LogP contribution is -2.67. The van der Waals surface area contributed by atoms with Crippen LogP contribution in [0.15, 0.2) is 18.2 Å². The molecule has 3 aliphatic rings. The second-order valence-corrected chi connectivity index (χ2v) is 8.41. The number of carbonyl (C=O) groups is 2. The van der Waals surface area contributed by atoms with Crippen molar-refractivity contribution in [1.82, 2.24) is 15.5 Å². The second-order valence-electron chi connectivity index (χ2n) is 7.98. The van der Waals surface area contributed by atoms with Gasteiger partial charge in [-0.15, -0.1) is 0 Å². The first kappa shape index (κ1) is 18.4. The number of urea groups is 1. The van der Waals surface area contributed by atoms with Crippen LogP contribution >= 0.6 is 11.6 Å². The zero-order valence-electron chi connectivity index (χ0n) is 15.8. The number of piperidine rings is 1. The summed E-state index contributed by atoms with van der Waals surface area (Å²) in [7, 11) is 2.00. The van der Waals surface area contributed by atoms with Gasteiger partial charge in [0.25, 0.3) is 5.91 Å². The van der Waals surface area contributed by atoms with Crippen LogP contribution in [-0.4, -0.2) is 48.7 Å². The molecule has 1 saturated heterocycles. The first-order chi connectivity index (χ1) is 13.0. The van der Waals surface area contributed by atoms with E-state index >= 15 is 0 Å². The number of rotatable bonds is 1. The predicted octanol–water partition coefficient (Wildman–Crippen LogP) is 3.35. The van der Waals surface area contributed by atoms with E-state index in [1.807, 2.05) is 24.1 Å². The Bertz CT molecular complexity index is 739. The average Bonchev–Trinajstić information content (AvgIpc) is 2.67. The quantitative estimate of drug-likeness (QED) is 0.772. The van der Waals surface area contributed by atoms with Gasteiger partial charge in [0.05, 0.1) is 11.3 Å². The molecule has 2 fully saturated rings. The van der Waals surface area contributed by atoms with Crippen molar-refractivity contribution in [2.75, 3.05) is 25.0 Å². The molecule has 2 N–H and O–H groups in total. The van der Waals surface area contributed by atoms with Crippen LogP contribution in [0.3, 0.4) is 0 Å². The van der Waals surface area contributed by atoms with E-state index in [0.29, 0.717) is 42.6 Å². The fourth-order valence-electron chi connectivity index (χ4n) is 4.63. The first-order valence-electron chi connectivity index (χ1n) is 9.90. The van der Waals surface area contributed by atoms with Gasteiger partial charge in [-0.05, 0) is 31.0 Å². The molecular formula is C20H27ClN4O2. The summed E-state index contributed by atoms with van der Waals surface area (Å²) in [6.45, 7) is 1.26. The van der Waals surface area contributed by atoms with Gasteiger partial charge in [-0.25, -0.2) is 4.79 Å². The monoisotopic (exact) mass is 390 g/mol. The van der Waals surface area contributed by atoms with Crippen molar-refractivity contribution in [3.8, 4) is 0 Å². The number of nitrogens with one attached hydrogen (secondary N) is 2. The average molecular weight is 391 g/mol. The van der Waals surface area contributed by atoms with Gasteiger partial charge in [-0.2, -0.15) is 0 Å². The number of hydrogen-bond acceptors (Lipinski definition) is 3. The Morgan fingerprint density at radius 2 is 1.93 bits per heavy atom. The lowest BCUT2D eigenvalue weighted by molar-refractivity contribution is 0.0808. The van der Waals surface area contributed by atoms with Crippen molar-refractivity contribution in [1.29, 1.82) is 0 Å². The van der Waals surface area contributed by atoms with E-state index in [-0.39, 0.29) is 11.9 Å². The van der Waals surface area contributed by atoms with E-state index < -0.39 is 5.66 Å². The third kappa shape index (κ3) is 3.47. The largest absolute Gasteiger partial charge is 0.351 e. The Labute approximate surface area is 165 Å². The Morgan fingerprint density at radius 1 is 1.22 bits per heavy atom. The van der Waals surface area contributed by atoms with Gasteiger partial charge in [0.2, 0.25) is 0 Å². The van der Waals surface area contributed by atoms with E-state index in [9.17, 15) is 9.59 Å². The molecule has 1 saturated carbocycles. The van der Waals surface area contributed by atoms with Crippen molar-refractivity contribution in [3.05, 3.63) is 28.8 Å². The topological polar surface area (TPSA) is 64.7 Å². The number of carbonyl (C=O) groups excluding carboxylic acids is 2. The van der Waals surface area contributed by atoms with Crippen molar-refractivity contribution in [2.24, 2.45) is 0 Å². The zero-order chi connectivity index (χ0) is 19.0. The van der Waals surface area contributed by atoms with Crippen LogP contribution in [-0.2, 0) is 0 Å². The minimum Gasteiger partial charge on any atom is -0.351 e. The highest BCUT2D eigenvalue weighted by molar-refractivity contribution is 6.31. The van der Waals surface area contributed by atoms with Gasteiger partial charge in [0, 0.05) is 44.0 Å². The molecule has 2 aliphatic heterocycles. The number of benzene rings is 1. The summed E-state index contributed by atoms with van der Waals surface area (Å²) in [6, 6.07) is 5.78. The molecule has 27 heavy (non-hydrogen) atoms. The molecule has 0 aromatic heterocycles.